The lowest BCUT2D eigenvalue weighted by Crippen LogP contribution is -2.25. The third kappa shape index (κ3) is 2.86. The molecule has 0 radical (unpaired) electrons. The molecule has 1 heterocycles. The summed E-state index contributed by atoms with van der Waals surface area (Å²) in [5, 5.41) is 4.24. The van der Waals surface area contributed by atoms with Gasteiger partial charge in [0, 0.05) is 24.3 Å². The summed E-state index contributed by atoms with van der Waals surface area (Å²) in [7, 11) is 1.97. The highest BCUT2D eigenvalue weighted by atomic mass is 19.1. The minimum atomic E-state index is -0.174. The fraction of sp³-hybridized carbons (Fsp3) is 0.542. The van der Waals surface area contributed by atoms with Gasteiger partial charge in [-0.3, -0.25) is 4.98 Å². The van der Waals surface area contributed by atoms with E-state index in [1.54, 1.807) is 12.1 Å². The van der Waals surface area contributed by atoms with Gasteiger partial charge in [-0.2, -0.15) is 0 Å². The summed E-state index contributed by atoms with van der Waals surface area (Å²) >= 11 is 0. The van der Waals surface area contributed by atoms with Gasteiger partial charge in [0.1, 0.15) is 5.82 Å². The second-order valence-corrected chi connectivity index (χ2v) is 9.52. The lowest BCUT2D eigenvalue weighted by Gasteiger charge is -2.34. The topological polar surface area (TPSA) is 24.9 Å². The van der Waals surface area contributed by atoms with Gasteiger partial charge < -0.3 is 5.32 Å². The lowest BCUT2D eigenvalue weighted by molar-refractivity contribution is 0.157. The molecule has 3 heteroatoms. The van der Waals surface area contributed by atoms with Crippen molar-refractivity contribution in [2.24, 2.45) is 22.7 Å². The van der Waals surface area contributed by atoms with Gasteiger partial charge in [0.2, 0.25) is 0 Å². The van der Waals surface area contributed by atoms with Crippen LogP contribution in [-0.2, 0) is 0 Å². The molecular formula is C24H31FN2. The molecule has 2 aromatic rings. The first-order valence-corrected chi connectivity index (χ1v) is 10.2. The summed E-state index contributed by atoms with van der Waals surface area (Å²) in [4.78, 5) is 4.44. The molecule has 3 unspecified atom stereocenters. The highest BCUT2D eigenvalue weighted by Crippen LogP contribution is 2.69. The maximum atomic E-state index is 13.9. The molecule has 1 aromatic carbocycles. The third-order valence-electron chi connectivity index (χ3n) is 8.03. The minimum absolute atomic E-state index is 0.174. The lowest BCUT2D eigenvalue weighted by atomic mass is 9.71. The Morgan fingerprint density at radius 3 is 2.48 bits per heavy atom. The standard InChI is InChI=1S/C24H31FN2/c1-15(16(2)26-5)17-11-23(3)13-18(14-24(23,4)12-17)20-8-9-27-22-7-6-19(25)10-21(20)22/h6-10,15,17-18,26H,2,11-14H2,1,3-5H3/t15?,17?,18?,23-,24+. The fourth-order valence-electron chi connectivity index (χ4n) is 6.12. The van der Waals surface area contributed by atoms with Crippen molar-refractivity contribution >= 4 is 10.9 Å². The van der Waals surface area contributed by atoms with Crippen molar-refractivity contribution in [2.75, 3.05) is 7.05 Å². The van der Waals surface area contributed by atoms with E-state index in [0.29, 0.717) is 28.6 Å². The monoisotopic (exact) mass is 366 g/mol. The van der Waals surface area contributed by atoms with Crippen LogP contribution >= 0.6 is 0 Å². The maximum absolute atomic E-state index is 13.9. The van der Waals surface area contributed by atoms with E-state index in [4.69, 9.17) is 0 Å². The molecule has 27 heavy (non-hydrogen) atoms. The van der Waals surface area contributed by atoms with Crippen LogP contribution in [0.5, 0.6) is 0 Å². The number of aromatic nitrogens is 1. The van der Waals surface area contributed by atoms with E-state index in [1.165, 1.54) is 37.3 Å². The Morgan fingerprint density at radius 2 is 1.85 bits per heavy atom. The predicted molar refractivity (Wildman–Crippen MR) is 110 cm³/mol. The Labute approximate surface area is 162 Å². The van der Waals surface area contributed by atoms with Crippen molar-refractivity contribution in [1.82, 2.24) is 10.3 Å². The van der Waals surface area contributed by atoms with Crippen molar-refractivity contribution in [3.8, 4) is 0 Å². The number of hydrogen-bond acceptors (Lipinski definition) is 2. The van der Waals surface area contributed by atoms with Gasteiger partial charge in [-0.1, -0.05) is 27.4 Å². The maximum Gasteiger partial charge on any atom is 0.123 e. The summed E-state index contributed by atoms with van der Waals surface area (Å²) in [6.45, 7) is 11.5. The Morgan fingerprint density at radius 1 is 1.19 bits per heavy atom. The van der Waals surface area contributed by atoms with E-state index in [9.17, 15) is 4.39 Å². The van der Waals surface area contributed by atoms with E-state index in [1.807, 2.05) is 13.2 Å². The summed E-state index contributed by atoms with van der Waals surface area (Å²) in [6, 6.07) is 7.08. The zero-order chi connectivity index (χ0) is 19.4. The quantitative estimate of drug-likeness (QED) is 0.713. The van der Waals surface area contributed by atoms with Gasteiger partial charge in [-0.25, -0.2) is 4.39 Å². The number of benzene rings is 1. The summed E-state index contributed by atoms with van der Waals surface area (Å²) in [5.41, 5.74) is 3.99. The largest absolute Gasteiger partial charge is 0.392 e. The van der Waals surface area contributed by atoms with Gasteiger partial charge in [0.15, 0.2) is 0 Å². The number of pyridine rings is 1. The van der Waals surface area contributed by atoms with Gasteiger partial charge >= 0.3 is 0 Å². The van der Waals surface area contributed by atoms with E-state index >= 15 is 0 Å². The number of rotatable bonds is 4. The number of halogens is 1. The first-order valence-electron chi connectivity index (χ1n) is 10.2. The molecule has 4 rings (SSSR count). The van der Waals surface area contributed by atoms with Crippen LogP contribution in [0.3, 0.4) is 0 Å². The smallest absolute Gasteiger partial charge is 0.123 e. The number of fused-ring (bicyclic) bond motifs is 2. The predicted octanol–water partition coefficient (Wildman–Crippen LogP) is 6.04. The van der Waals surface area contributed by atoms with Crippen LogP contribution in [0, 0.1) is 28.5 Å². The van der Waals surface area contributed by atoms with Crippen LogP contribution < -0.4 is 5.32 Å². The van der Waals surface area contributed by atoms with Gasteiger partial charge in [0.25, 0.3) is 0 Å². The zero-order valence-electron chi connectivity index (χ0n) is 17.0. The average Bonchev–Trinajstić information content (AvgIpc) is 3.04. The molecule has 1 N–H and O–H groups in total. The number of allylic oxidation sites excluding steroid dienone is 1. The molecule has 2 aliphatic carbocycles. The highest BCUT2D eigenvalue weighted by molar-refractivity contribution is 5.82. The molecule has 2 fully saturated rings. The van der Waals surface area contributed by atoms with Crippen molar-refractivity contribution in [1.29, 1.82) is 0 Å². The van der Waals surface area contributed by atoms with Crippen LogP contribution in [0.25, 0.3) is 10.9 Å². The summed E-state index contributed by atoms with van der Waals surface area (Å²) < 4.78 is 13.9. The van der Waals surface area contributed by atoms with Crippen molar-refractivity contribution in [3.63, 3.8) is 0 Å². The summed E-state index contributed by atoms with van der Waals surface area (Å²) in [6.07, 6.45) is 6.73. The Balaban J connectivity index is 1.63. The van der Waals surface area contributed by atoms with Gasteiger partial charge in [-0.15, -0.1) is 0 Å². The van der Waals surface area contributed by atoms with Crippen LogP contribution in [0.1, 0.15) is 57.9 Å². The van der Waals surface area contributed by atoms with Crippen LogP contribution in [0.4, 0.5) is 4.39 Å². The molecule has 1 aromatic heterocycles. The van der Waals surface area contributed by atoms with E-state index in [0.717, 1.165) is 16.6 Å². The number of hydrogen-bond donors (Lipinski definition) is 1. The van der Waals surface area contributed by atoms with Crippen molar-refractivity contribution in [2.45, 2.75) is 52.4 Å². The highest BCUT2D eigenvalue weighted by Gasteiger charge is 2.58. The molecule has 2 aliphatic rings. The van der Waals surface area contributed by atoms with Crippen molar-refractivity contribution in [3.05, 3.63) is 54.1 Å². The molecule has 0 amide bonds. The van der Waals surface area contributed by atoms with Crippen LogP contribution in [0.2, 0.25) is 0 Å². The minimum Gasteiger partial charge on any atom is -0.392 e. The zero-order valence-corrected chi connectivity index (χ0v) is 17.0. The van der Waals surface area contributed by atoms with Gasteiger partial charge in [0.05, 0.1) is 5.52 Å². The molecule has 2 saturated carbocycles. The fourth-order valence-corrected chi connectivity index (χ4v) is 6.12. The second kappa shape index (κ2) is 6.32. The second-order valence-electron chi connectivity index (χ2n) is 9.52. The van der Waals surface area contributed by atoms with Crippen molar-refractivity contribution < 1.29 is 4.39 Å². The Bertz CT molecular complexity index is 871. The molecular weight excluding hydrogens is 335 g/mol. The SMILES string of the molecule is C=C(NC)C(C)C1C[C@]2(C)CC(c3ccnc4ccc(F)cc34)C[C@]2(C)C1. The first kappa shape index (κ1) is 18.5. The van der Waals surface area contributed by atoms with E-state index in [-0.39, 0.29) is 5.82 Å². The molecule has 0 saturated heterocycles. The van der Waals surface area contributed by atoms with Crippen LogP contribution in [-0.4, -0.2) is 12.0 Å². The van der Waals surface area contributed by atoms with Gasteiger partial charge in [-0.05, 0) is 84.1 Å². The number of nitrogens with zero attached hydrogens (tertiary/aromatic N) is 1. The first-order chi connectivity index (χ1) is 12.8. The molecule has 0 bridgehead atoms. The summed E-state index contributed by atoms with van der Waals surface area (Å²) in [5.74, 6) is 1.50. The molecule has 5 atom stereocenters. The Hall–Kier alpha value is -1.90. The van der Waals surface area contributed by atoms with E-state index in [2.05, 4.69) is 43.7 Å². The Kier molecular flexibility index (Phi) is 4.32. The normalized spacial score (nSPS) is 33.8. The van der Waals surface area contributed by atoms with E-state index < -0.39 is 0 Å². The third-order valence-corrected chi connectivity index (χ3v) is 8.03. The molecule has 0 spiro atoms. The average molecular weight is 367 g/mol. The molecule has 2 nitrogen and oxygen atoms in total. The molecule has 144 valence electrons. The van der Waals surface area contributed by atoms with Crippen LogP contribution in [0.15, 0.2) is 42.7 Å². The molecule has 0 aliphatic heterocycles. The number of nitrogens with one attached hydrogen (secondary N) is 1.